The summed E-state index contributed by atoms with van der Waals surface area (Å²) in [6.45, 7) is 6.55. The second-order valence-electron chi connectivity index (χ2n) is 23.8. The van der Waals surface area contributed by atoms with E-state index in [-0.39, 0.29) is 31.1 Å². The lowest BCUT2D eigenvalue weighted by Crippen LogP contribution is -2.30. The fourth-order valence-electron chi connectivity index (χ4n) is 10.4. The van der Waals surface area contributed by atoms with E-state index in [4.69, 9.17) is 14.2 Å². The SMILES string of the molecule is CC/C=C\C/C=C\C/C=C\CCCCCCCCCC(=O)OC(COC(=O)CCCCCCC/C=C\CCCCCCCC)COC(=O)CCCCCCCCCCCCCCCCCCCCC/C=C\C/C=C\CCCCCCC. The van der Waals surface area contributed by atoms with Crippen molar-refractivity contribution >= 4 is 17.9 Å². The van der Waals surface area contributed by atoms with Crippen LogP contribution in [-0.2, 0) is 28.6 Å². The lowest BCUT2D eigenvalue weighted by atomic mass is 10.0. The maximum atomic E-state index is 12.9. The number of rotatable bonds is 65. The third-order valence-corrected chi connectivity index (χ3v) is 15.7. The van der Waals surface area contributed by atoms with Crippen LogP contribution in [0, 0.1) is 0 Å². The van der Waals surface area contributed by atoms with Crippen molar-refractivity contribution in [2.75, 3.05) is 13.2 Å². The molecule has 0 aromatic heterocycles. The van der Waals surface area contributed by atoms with Crippen molar-refractivity contribution in [1.82, 2.24) is 0 Å². The number of allylic oxidation sites excluding steroid dienone is 12. The van der Waals surface area contributed by atoms with Gasteiger partial charge in [0, 0.05) is 19.3 Å². The lowest BCUT2D eigenvalue weighted by Gasteiger charge is -2.18. The van der Waals surface area contributed by atoms with Crippen LogP contribution in [0.25, 0.3) is 0 Å². The van der Waals surface area contributed by atoms with Crippen LogP contribution in [-0.4, -0.2) is 37.2 Å². The van der Waals surface area contributed by atoms with E-state index in [9.17, 15) is 14.4 Å². The maximum absolute atomic E-state index is 12.9. The van der Waals surface area contributed by atoms with Crippen molar-refractivity contribution in [2.24, 2.45) is 0 Å². The van der Waals surface area contributed by atoms with Crippen LogP contribution in [0.5, 0.6) is 0 Å². The molecular weight excluding hydrogens is 997 g/mol. The molecule has 0 rings (SSSR count). The Morgan fingerprint density at radius 1 is 0.259 bits per heavy atom. The Labute approximate surface area is 503 Å². The number of unbranched alkanes of at least 4 members (excludes halogenated alkanes) is 42. The van der Waals surface area contributed by atoms with Gasteiger partial charge in [-0.15, -0.1) is 0 Å². The van der Waals surface area contributed by atoms with Gasteiger partial charge in [-0.25, -0.2) is 0 Å². The third kappa shape index (κ3) is 67.5. The van der Waals surface area contributed by atoms with Gasteiger partial charge in [-0.05, 0) is 109 Å². The summed E-state index contributed by atoms with van der Waals surface area (Å²) in [7, 11) is 0. The summed E-state index contributed by atoms with van der Waals surface area (Å²) in [4.78, 5) is 38.4. The summed E-state index contributed by atoms with van der Waals surface area (Å²) in [5.74, 6) is -0.878. The first-order chi connectivity index (χ1) is 40.0. The molecule has 0 N–H and O–H groups in total. The van der Waals surface area contributed by atoms with Gasteiger partial charge in [0.15, 0.2) is 6.10 Å². The first-order valence-corrected chi connectivity index (χ1v) is 35.4. The smallest absolute Gasteiger partial charge is 0.306 e. The van der Waals surface area contributed by atoms with E-state index < -0.39 is 6.10 Å². The van der Waals surface area contributed by atoms with Gasteiger partial charge in [-0.3, -0.25) is 14.4 Å². The fraction of sp³-hybridized carbons (Fsp3) is 0.800. The highest BCUT2D eigenvalue weighted by Gasteiger charge is 2.19. The Bertz CT molecular complexity index is 1490. The predicted molar refractivity (Wildman–Crippen MR) is 353 cm³/mol. The van der Waals surface area contributed by atoms with E-state index in [1.807, 2.05) is 0 Å². The number of carbonyl (C=O) groups excluding carboxylic acids is 3. The van der Waals surface area contributed by atoms with Crippen molar-refractivity contribution in [1.29, 1.82) is 0 Å². The van der Waals surface area contributed by atoms with Crippen LogP contribution in [0.3, 0.4) is 0 Å². The number of hydrogen-bond acceptors (Lipinski definition) is 6. The summed E-state index contributed by atoms with van der Waals surface area (Å²) in [5.41, 5.74) is 0. The Balaban J connectivity index is 4.20. The molecule has 6 nitrogen and oxygen atoms in total. The quantitative estimate of drug-likeness (QED) is 0.0261. The van der Waals surface area contributed by atoms with Gasteiger partial charge in [0.1, 0.15) is 13.2 Å². The van der Waals surface area contributed by atoms with Crippen molar-refractivity contribution in [3.63, 3.8) is 0 Å². The molecule has 0 aliphatic rings. The molecule has 0 bridgehead atoms. The van der Waals surface area contributed by atoms with Crippen LogP contribution in [0.15, 0.2) is 72.9 Å². The molecule has 0 aliphatic heterocycles. The molecule has 470 valence electrons. The van der Waals surface area contributed by atoms with Gasteiger partial charge < -0.3 is 14.2 Å². The maximum Gasteiger partial charge on any atom is 0.306 e. The standard InChI is InChI=1S/C75H134O6/c1-4-7-10-13-16-19-22-25-28-30-31-32-33-34-35-36-37-38-39-40-41-42-43-45-47-50-53-56-59-62-65-68-74(77)80-71-72(70-79-73(76)67-64-61-58-55-52-49-46-27-24-21-18-15-12-9-6-3)81-75(78)69-66-63-60-57-54-51-48-44-29-26-23-20-17-14-11-8-5-2/h8,11,17,20,22,25-27,29-31,46,72H,4-7,9-10,12-16,18-19,21,23-24,28,32-45,47-71H2,1-3H3/b11-8-,20-17-,25-22-,29-26-,31-30-,46-27-. The highest BCUT2D eigenvalue weighted by atomic mass is 16.6. The molecule has 0 spiro atoms. The molecule has 0 fully saturated rings. The average molecular weight is 1130 g/mol. The van der Waals surface area contributed by atoms with E-state index in [0.717, 1.165) is 96.3 Å². The molecule has 0 aromatic rings. The molecule has 0 saturated heterocycles. The van der Waals surface area contributed by atoms with Crippen LogP contribution in [0.1, 0.15) is 367 Å². The van der Waals surface area contributed by atoms with Crippen LogP contribution >= 0.6 is 0 Å². The summed E-state index contributed by atoms with van der Waals surface area (Å²) >= 11 is 0. The molecule has 81 heavy (non-hydrogen) atoms. The molecule has 0 amide bonds. The zero-order chi connectivity index (χ0) is 58.5. The van der Waals surface area contributed by atoms with Gasteiger partial charge in [0.2, 0.25) is 0 Å². The summed E-state index contributed by atoms with van der Waals surface area (Å²) in [6, 6.07) is 0. The van der Waals surface area contributed by atoms with Crippen LogP contribution in [0.4, 0.5) is 0 Å². The van der Waals surface area contributed by atoms with Gasteiger partial charge in [0.05, 0.1) is 0 Å². The van der Waals surface area contributed by atoms with Crippen molar-refractivity contribution in [3.05, 3.63) is 72.9 Å². The molecular formula is C75H134O6. The van der Waals surface area contributed by atoms with Crippen molar-refractivity contribution < 1.29 is 28.6 Å². The predicted octanol–water partition coefficient (Wildman–Crippen LogP) is 24.4. The Morgan fingerprint density at radius 2 is 0.481 bits per heavy atom. The van der Waals surface area contributed by atoms with Gasteiger partial charge in [-0.2, -0.15) is 0 Å². The first kappa shape index (κ1) is 77.9. The summed E-state index contributed by atoms with van der Waals surface area (Å²) in [6.07, 6.45) is 90.8. The van der Waals surface area contributed by atoms with E-state index in [2.05, 4.69) is 93.7 Å². The first-order valence-electron chi connectivity index (χ1n) is 35.4. The molecule has 1 atom stereocenters. The van der Waals surface area contributed by atoms with Gasteiger partial charge in [0.25, 0.3) is 0 Å². The molecule has 0 saturated carbocycles. The zero-order valence-corrected chi connectivity index (χ0v) is 54.1. The fourth-order valence-corrected chi connectivity index (χ4v) is 10.4. The monoisotopic (exact) mass is 1130 g/mol. The molecule has 0 aliphatic carbocycles. The highest BCUT2D eigenvalue weighted by Crippen LogP contribution is 2.18. The topological polar surface area (TPSA) is 78.9 Å². The van der Waals surface area contributed by atoms with Crippen molar-refractivity contribution in [3.8, 4) is 0 Å². The Kier molecular flexibility index (Phi) is 66.6. The number of hydrogen-bond donors (Lipinski definition) is 0. The normalized spacial score (nSPS) is 12.5. The second kappa shape index (κ2) is 69.3. The number of carbonyl (C=O) groups is 3. The molecule has 0 aromatic carbocycles. The lowest BCUT2D eigenvalue weighted by molar-refractivity contribution is -0.167. The second-order valence-corrected chi connectivity index (χ2v) is 23.8. The van der Waals surface area contributed by atoms with Gasteiger partial charge >= 0.3 is 17.9 Å². The van der Waals surface area contributed by atoms with E-state index in [1.54, 1.807) is 0 Å². The zero-order valence-electron chi connectivity index (χ0n) is 54.1. The van der Waals surface area contributed by atoms with Crippen molar-refractivity contribution in [2.45, 2.75) is 374 Å². The third-order valence-electron chi connectivity index (χ3n) is 15.7. The van der Waals surface area contributed by atoms with Crippen LogP contribution in [0.2, 0.25) is 0 Å². The number of ether oxygens (including phenoxy) is 3. The summed E-state index contributed by atoms with van der Waals surface area (Å²) < 4.78 is 17.0. The average Bonchev–Trinajstić information content (AvgIpc) is 3.47. The van der Waals surface area contributed by atoms with Crippen LogP contribution < -0.4 is 0 Å². The van der Waals surface area contributed by atoms with Gasteiger partial charge in [-0.1, -0.05) is 312 Å². The number of esters is 3. The minimum atomic E-state index is -0.784. The van der Waals surface area contributed by atoms with E-state index in [0.29, 0.717) is 19.3 Å². The van der Waals surface area contributed by atoms with E-state index >= 15 is 0 Å². The highest BCUT2D eigenvalue weighted by molar-refractivity contribution is 5.71. The Hall–Kier alpha value is -3.15. The Morgan fingerprint density at radius 3 is 0.765 bits per heavy atom. The minimum absolute atomic E-state index is 0.0788. The van der Waals surface area contributed by atoms with E-state index in [1.165, 1.54) is 231 Å². The molecule has 0 heterocycles. The summed E-state index contributed by atoms with van der Waals surface area (Å²) in [5, 5.41) is 0. The minimum Gasteiger partial charge on any atom is -0.462 e. The largest absolute Gasteiger partial charge is 0.462 e. The molecule has 1 unspecified atom stereocenters. The molecule has 0 radical (unpaired) electrons. The molecule has 6 heteroatoms.